The topological polar surface area (TPSA) is 124 Å². The maximum atomic E-state index is 12.4. The van der Waals surface area contributed by atoms with Crippen molar-refractivity contribution >= 4 is 51.5 Å². The van der Waals surface area contributed by atoms with Gasteiger partial charge < -0.3 is 26.0 Å². The van der Waals surface area contributed by atoms with E-state index in [9.17, 15) is 9.59 Å². The van der Waals surface area contributed by atoms with Crippen molar-refractivity contribution in [3.8, 4) is 0 Å². The summed E-state index contributed by atoms with van der Waals surface area (Å²) in [6.07, 6.45) is 1.93. The van der Waals surface area contributed by atoms with Gasteiger partial charge in [-0.1, -0.05) is 34.5 Å². The molecule has 0 unspecified atom stereocenters. The molecule has 1 fully saturated rings. The number of rotatable bonds is 4. The number of nitrogens with two attached hydrogens (primary N) is 1. The Balaban J connectivity index is 1.64. The summed E-state index contributed by atoms with van der Waals surface area (Å²) in [6.45, 7) is 2.79. The van der Waals surface area contributed by atoms with Crippen LogP contribution in [0.3, 0.4) is 0 Å². The molecule has 1 amide bonds. The average molecular weight is 418 g/mol. The Kier molecular flexibility index (Phi) is 5.42. The van der Waals surface area contributed by atoms with Crippen molar-refractivity contribution < 1.29 is 14.7 Å². The van der Waals surface area contributed by atoms with Gasteiger partial charge in [0.25, 0.3) is 5.91 Å². The highest BCUT2D eigenvalue weighted by Crippen LogP contribution is 2.29. The second kappa shape index (κ2) is 7.43. The number of hydrogen-bond acceptors (Lipinski definition) is 6. The average Bonchev–Trinajstić information content (AvgIpc) is 3.18. The third-order valence-electron chi connectivity index (χ3n) is 4.23. The van der Waals surface area contributed by atoms with Crippen molar-refractivity contribution in [2.45, 2.75) is 25.4 Å². The number of nitrogens with one attached hydrogen (secondary N) is 2. The molecule has 0 radical (unpaired) electrons. The minimum absolute atomic E-state index is 0.178. The second-order valence-electron chi connectivity index (χ2n) is 6.04. The van der Waals surface area contributed by atoms with Gasteiger partial charge in [0.2, 0.25) is 0 Å². The van der Waals surface area contributed by atoms with Crippen LogP contribution in [-0.2, 0) is 0 Å². The smallest absolute Gasteiger partial charge is 0.347 e. The van der Waals surface area contributed by atoms with Crippen LogP contribution in [0.1, 0.15) is 32.3 Å². The lowest BCUT2D eigenvalue weighted by molar-refractivity contribution is 0.0701. The number of aromatic nitrogens is 2. The van der Waals surface area contributed by atoms with Crippen molar-refractivity contribution in [3.05, 3.63) is 32.5 Å². The van der Waals surface area contributed by atoms with Crippen LogP contribution >= 0.6 is 34.5 Å². The second-order valence-corrected chi connectivity index (χ2v) is 7.81. The van der Waals surface area contributed by atoms with Gasteiger partial charge in [0.1, 0.15) is 10.6 Å². The normalized spacial score (nSPS) is 20.2. The number of amides is 1. The lowest BCUT2D eigenvalue weighted by atomic mass is 10.0. The molecule has 2 aromatic heterocycles. The van der Waals surface area contributed by atoms with Crippen molar-refractivity contribution in [3.63, 3.8) is 0 Å². The number of carboxylic acid groups (broad SMARTS) is 1. The molecule has 26 heavy (non-hydrogen) atoms. The Bertz CT molecular complexity index is 852. The molecule has 0 saturated carbocycles. The molecule has 2 atom stereocenters. The number of thiazole rings is 1. The Labute approximate surface area is 163 Å². The van der Waals surface area contributed by atoms with Crippen LogP contribution < -0.4 is 16.0 Å². The molecule has 1 aliphatic rings. The summed E-state index contributed by atoms with van der Waals surface area (Å²) in [4.78, 5) is 32.5. The summed E-state index contributed by atoms with van der Waals surface area (Å²) in [5, 5.41) is 13.0. The summed E-state index contributed by atoms with van der Waals surface area (Å²) in [5.74, 6) is -1.36. The van der Waals surface area contributed by atoms with Gasteiger partial charge >= 0.3 is 5.97 Å². The quantitative estimate of drug-likeness (QED) is 0.603. The van der Waals surface area contributed by atoms with Crippen LogP contribution in [0.5, 0.6) is 0 Å². The summed E-state index contributed by atoms with van der Waals surface area (Å²) in [5.41, 5.74) is 7.05. The Hall–Kier alpha value is -1.81. The maximum Gasteiger partial charge on any atom is 0.347 e. The molecule has 0 spiro atoms. The fraction of sp³-hybridized carbons (Fsp3) is 0.400. The molecule has 3 heterocycles. The van der Waals surface area contributed by atoms with E-state index in [1.165, 1.54) is 6.20 Å². The predicted molar refractivity (Wildman–Crippen MR) is 101 cm³/mol. The molecular weight excluding hydrogens is 401 g/mol. The number of piperidine rings is 1. The Morgan fingerprint density at radius 2 is 2.19 bits per heavy atom. The molecule has 1 aliphatic heterocycles. The lowest BCUT2D eigenvalue weighted by Crippen LogP contribution is -2.58. The van der Waals surface area contributed by atoms with E-state index in [4.69, 9.17) is 34.0 Å². The van der Waals surface area contributed by atoms with Crippen molar-refractivity contribution in [2.24, 2.45) is 5.73 Å². The molecule has 140 valence electrons. The first-order chi connectivity index (χ1) is 12.3. The SMILES string of the molecule is Cc1[nH]c(C(=O)N[C@@H]2CCN(c3ncc(C(=O)O)s3)C[C@@H]2N)c(Cl)c1Cl. The predicted octanol–water partition coefficient (Wildman–Crippen LogP) is 2.12. The number of aromatic carboxylic acids is 1. The lowest BCUT2D eigenvalue weighted by Gasteiger charge is -2.36. The van der Waals surface area contributed by atoms with Gasteiger partial charge in [-0.05, 0) is 13.3 Å². The number of halogens is 2. The van der Waals surface area contributed by atoms with E-state index in [2.05, 4.69) is 15.3 Å². The van der Waals surface area contributed by atoms with E-state index in [0.717, 1.165) is 11.3 Å². The third kappa shape index (κ3) is 3.66. The van der Waals surface area contributed by atoms with E-state index >= 15 is 0 Å². The highest BCUT2D eigenvalue weighted by atomic mass is 35.5. The molecule has 3 rings (SSSR count). The molecule has 0 bridgehead atoms. The van der Waals surface area contributed by atoms with Crippen LogP contribution in [0, 0.1) is 6.92 Å². The number of nitrogens with zero attached hydrogens (tertiary/aromatic N) is 2. The van der Waals surface area contributed by atoms with Gasteiger partial charge in [-0.2, -0.15) is 0 Å². The number of anilines is 1. The molecule has 11 heteroatoms. The molecule has 5 N–H and O–H groups in total. The van der Waals surface area contributed by atoms with Crippen molar-refractivity contribution in [2.75, 3.05) is 18.0 Å². The highest BCUT2D eigenvalue weighted by Gasteiger charge is 2.30. The largest absolute Gasteiger partial charge is 0.477 e. The van der Waals surface area contributed by atoms with E-state index in [0.29, 0.717) is 35.4 Å². The first kappa shape index (κ1) is 19.0. The fourth-order valence-electron chi connectivity index (χ4n) is 2.81. The van der Waals surface area contributed by atoms with Crippen LogP contribution in [0.25, 0.3) is 0 Å². The molecule has 0 aliphatic carbocycles. The number of carboxylic acids is 1. The zero-order valence-corrected chi connectivity index (χ0v) is 16.1. The number of aryl methyl sites for hydroxylation is 1. The number of hydrogen-bond donors (Lipinski definition) is 4. The van der Waals surface area contributed by atoms with Crippen LogP contribution in [0.2, 0.25) is 10.0 Å². The van der Waals surface area contributed by atoms with Crippen LogP contribution in [0.4, 0.5) is 5.13 Å². The number of carbonyl (C=O) groups is 2. The summed E-state index contributed by atoms with van der Waals surface area (Å²) in [6, 6.07) is -0.578. The molecule has 8 nitrogen and oxygen atoms in total. The maximum absolute atomic E-state index is 12.4. The summed E-state index contributed by atoms with van der Waals surface area (Å²) < 4.78 is 0. The molecule has 2 aromatic rings. The molecular formula is C15H17Cl2N5O3S. The first-order valence-corrected chi connectivity index (χ1v) is 9.39. The highest BCUT2D eigenvalue weighted by molar-refractivity contribution is 7.17. The van der Waals surface area contributed by atoms with Crippen molar-refractivity contribution in [1.82, 2.24) is 15.3 Å². The van der Waals surface area contributed by atoms with Gasteiger partial charge in [0.05, 0.1) is 16.2 Å². The zero-order valence-electron chi connectivity index (χ0n) is 13.8. The standard InChI is InChI=1S/C15H17Cl2N5O3S/c1-6-10(16)11(17)12(20-6)13(23)21-8-2-3-22(5-7(8)18)15-19-4-9(26-15)14(24)25/h4,7-8,20H,2-3,5,18H2,1H3,(H,21,23)(H,24,25)/t7-,8+/m0/s1. The van der Waals surface area contributed by atoms with Crippen molar-refractivity contribution in [1.29, 1.82) is 0 Å². The number of H-pyrrole nitrogens is 1. The zero-order chi connectivity index (χ0) is 19.0. The minimum atomic E-state index is -1.00. The van der Waals surface area contributed by atoms with Gasteiger partial charge in [-0.3, -0.25) is 4.79 Å². The Morgan fingerprint density at radius 1 is 1.46 bits per heavy atom. The first-order valence-electron chi connectivity index (χ1n) is 7.82. The van der Waals surface area contributed by atoms with Gasteiger partial charge in [-0.15, -0.1) is 0 Å². The summed E-state index contributed by atoms with van der Waals surface area (Å²) in [7, 11) is 0. The van der Waals surface area contributed by atoms with E-state index in [1.54, 1.807) is 6.92 Å². The van der Waals surface area contributed by atoms with Crippen LogP contribution in [-0.4, -0.2) is 52.1 Å². The third-order valence-corrected chi connectivity index (χ3v) is 6.22. The summed E-state index contributed by atoms with van der Waals surface area (Å²) >= 11 is 13.2. The minimum Gasteiger partial charge on any atom is -0.477 e. The number of carbonyl (C=O) groups excluding carboxylic acids is 1. The molecule has 0 aromatic carbocycles. The van der Waals surface area contributed by atoms with E-state index < -0.39 is 5.97 Å². The Morgan fingerprint density at radius 3 is 2.73 bits per heavy atom. The monoisotopic (exact) mass is 417 g/mol. The van der Waals surface area contributed by atoms with E-state index in [1.807, 2.05) is 4.90 Å². The van der Waals surface area contributed by atoms with Gasteiger partial charge in [0, 0.05) is 30.9 Å². The van der Waals surface area contributed by atoms with Crippen LogP contribution in [0.15, 0.2) is 6.20 Å². The van der Waals surface area contributed by atoms with Gasteiger partial charge in [0.15, 0.2) is 5.13 Å². The molecule has 1 saturated heterocycles. The fourth-order valence-corrected chi connectivity index (χ4v) is 4.02. The number of aromatic amines is 1. The van der Waals surface area contributed by atoms with E-state index in [-0.39, 0.29) is 33.6 Å². The van der Waals surface area contributed by atoms with Gasteiger partial charge in [-0.25, -0.2) is 9.78 Å².